The first-order valence-electron chi connectivity index (χ1n) is 10.6. The highest BCUT2D eigenvalue weighted by molar-refractivity contribution is 14.0. The number of amides is 1. The number of benzene rings is 2. The van der Waals surface area contributed by atoms with E-state index >= 15 is 0 Å². The molecule has 2 N–H and O–H groups in total. The zero-order valence-electron chi connectivity index (χ0n) is 18.6. The van der Waals surface area contributed by atoms with Gasteiger partial charge < -0.3 is 20.3 Å². The molecule has 0 spiro atoms. The van der Waals surface area contributed by atoms with Gasteiger partial charge in [-0.3, -0.25) is 9.79 Å². The Bertz CT molecular complexity index is 899. The molecular weight excluding hydrogens is 503 g/mol. The highest BCUT2D eigenvalue weighted by Crippen LogP contribution is 2.25. The molecule has 31 heavy (non-hydrogen) atoms. The summed E-state index contributed by atoms with van der Waals surface area (Å²) in [6.45, 7) is 5.14. The highest BCUT2D eigenvalue weighted by atomic mass is 127. The lowest BCUT2D eigenvalue weighted by atomic mass is 10.1. The standard InChI is InChI=1S/C24H32N4O2.HI/c1-4-25-24(27-14-11-19-8-9-22-20(16-19)12-15-30-22)26-13-10-18-6-5-7-21(17-18)23(29)28(2)3;/h5-9,16-17H,4,10-15H2,1-3H3,(H2,25,26,27);1H. The summed E-state index contributed by atoms with van der Waals surface area (Å²) in [5.41, 5.74) is 4.45. The molecule has 3 rings (SSSR count). The maximum absolute atomic E-state index is 12.1. The number of nitrogens with zero attached hydrogens (tertiary/aromatic N) is 2. The molecule has 0 fully saturated rings. The average molecular weight is 536 g/mol. The van der Waals surface area contributed by atoms with Crippen molar-refractivity contribution < 1.29 is 9.53 Å². The second-order valence-corrected chi connectivity index (χ2v) is 7.63. The lowest BCUT2D eigenvalue weighted by molar-refractivity contribution is 0.0827. The molecular formula is C24H33IN4O2. The first-order valence-corrected chi connectivity index (χ1v) is 10.6. The summed E-state index contributed by atoms with van der Waals surface area (Å²) in [6, 6.07) is 14.2. The summed E-state index contributed by atoms with van der Waals surface area (Å²) in [7, 11) is 3.54. The summed E-state index contributed by atoms with van der Waals surface area (Å²) in [6.07, 6.45) is 2.72. The maximum Gasteiger partial charge on any atom is 0.253 e. The molecule has 0 aromatic heterocycles. The number of carbonyl (C=O) groups excluding carboxylic acids is 1. The SMILES string of the molecule is CCNC(=NCCc1ccc2c(c1)CCO2)NCCc1cccc(C(=O)N(C)C)c1.I. The van der Waals surface area contributed by atoms with Gasteiger partial charge in [0.2, 0.25) is 0 Å². The lowest BCUT2D eigenvalue weighted by Crippen LogP contribution is -2.38. The molecule has 0 saturated carbocycles. The van der Waals surface area contributed by atoms with Crippen LogP contribution in [0.5, 0.6) is 5.75 Å². The number of aliphatic imine (C=N–C) groups is 1. The Labute approximate surface area is 202 Å². The minimum atomic E-state index is 0. The molecule has 0 bridgehead atoms. The smallest absolute Gasteiger partial charge is 0.253 e. The van der Waals surface area contributed by atoms with Crippen LogP contribution in [0.4, 0.5) is 0 Å². The molecule has 0 unspecified atom stereocenters. The van der Waals surface area contributed by atoms with E-state index in [1.54, 1.807) is 19.0 Å². The number of nitrogens with one attached hydrogen (secondary N) is 2. The van der Waals surface area contributed by atoms with E-state index in [4.69, 9.17) is 9.73 Å². The van der Waals surface area contributed by atoms with Crippen LogP contribution in [0.1, 0.15) is 34.0 Å². The molecule has 1 aliphatic heterocycles. The third-order valence-corrected chi connectivity index (χ3v) is 5.05. The number of hydrogen-bond donors (Lipinski definition) is 2. The summed E-state index contributed by atoms with van der Waals surface area (Å²) in [5, 5.41) is 6.69. The molecule has 1 amide bonds. The van der Waals surface area contributed by atoms with Crippen LogP contribution >= 0.6 is 24.0 Å². The first kappa shape index (κ1) is 25.0. The summed E-state index contributed by atoms with van der Waals surface area (Å²) in [5.74, 6) is 1.87. The highest BCUT2D eigenvalue weighted by Gasteiger charge is 2.12. The van der Waals surface area contributed by atoms with Gasteiger partial charge in [-0.05, 0) is 54.7 Å². The Morgan fingerprint density at radius 1 is 1.10 bits per heavy atom. The minimum absolute atomic E-state index is 0. The average Bonchev–Trinajstić information content (AvgIpc) is 3.21. The predicted octanol–water partition coefficient (Wildman–Crippen LogP) is 3.28. The van der Waals surface area contributed by atoms with Gasteiger partial charge in [0.25, 0.3) is 5.91 Å². The minimum Gasteiger partial charge on any atom is -0.493 e. The van der Waals surface area contributed by atoms with Crippen molar-refractivity contribution in [1.82, 2.24) is 15.5 Å². The van der Waals surface area contributed by atoms with Crippen LogP contribution in [0, 0.1) is 0 Å². The first-order chi connectivity index (χ1) is 14.6. The van der Waals surface area contributed by atoms with E-state index in [9.17, 15) is 4.79 Å². The fourth-order valence-electron chi connectivity index (χ4n) is 3.48. The van der Waals surface area contributed by atoms with Crippen molar-refractivity contribution >= 4 is 35.8 Å². The molecule has 0 aliphatic carbocycles. The Kier molecular flexibility index (Phi) is 10.1. The number of fused-ring (bicyclic) bond motifs is 1. The van der Waals surface area contributed by atoms with Crippen molar-refractivity contribution in [2.75, 3.05) is 40.3 Å². The molecule has 2 aromatic rings. The van der Waals surface area contributed by atoms with E-state index in [1.807, 2.05) is 18.2 Å². The number of hydrogen-bond acceptors (Lipinski definition) is 3. The van der Waals surface area contributed by atoms with E-state index in [1.165, 1.54) is 11.1 Å². The van der Waals surface area contributed by atoms with E-state index in [0.29, 0.717) is 0 Å². The van der Waals surface area contributed by atoms with E-state index in [-0.39, 0.29) is 29.9 Å². The van der Waals surface area contributed by atoms with Crippen molar-refractivity contribution in [2.45, 2.75) is 26.2 Å². The van der Waals surface area contributed by atoms with E-state index in [0.717, 1.165) is 68.3 Å². The molecule has 1 aliphatic rings. The molecule has 0 saturated heterocycles. The van der Waals surface area contributed by atoms with Gasteiger partial charge in [-0.1, -0.05) is 24.3 Å². The Morgan fingerprint density at radius 3 is 2.68 bits per heavy atom. The maximum atomic E-state index is 12.1. The van der Waals surface area contributed by atoms with Gasteiger partial charge in [0.05, 0.1) is 6.61 Å². The third-order valence-electron chi connectivity index (χ3n) is 5.05. The van der Waals surface area contributed by atoms with Crippen LogP contribution in [0.3, 0.4) is 0 Å². The zero-order valence-corrected chi connectivity index (χ0v) is 20.9. The third kappa shape index (κ3) is 7.41. The van der Waals surface area contributed by atoms with Crippen LogP contribution in [0.15, 0.2) is 47.5 Å². The van der Waals surface area contributed by atoms with E-state index in [2.05, 4.69) is 41.8 Å². The number of rotatable bonds is 8. The van der Waals surface area contributed by atoms with Gasteiger partial charge in [-0.15, -0.1) is 24.0 Å². The van der Waals surface area contributed by atoms with Crippen molar-refractivity contribution in [3.8, 4) is 5.75 Å². The fourth-order valence-corrected chi connectivity index (χ4v) is 3.48. The second-order valence-electron chi connectivity index (χ2n) is 7.63. The summed E-state index contributed by atoms with van der Waals surface area (Å²) >= 11 is 0. The molecule has 1 heterocycles. The summed E-state index contributed by atoms with van der Waals surface area (Å²) in [4.78, 5) is 18.4. The molecule has 0 atom stereocenters. The van der Waals surface area contributed by atoms with Gasteiger partial charge in [0, 0.05) is 45.7 Å². The van der Waals surface area contributed by atoms with E-state index < -0.39 is 0 Å². The monoisotopic (exact) mass is 536 g/mol. The van der Waals surface area contributed by atoms with Gasteiger partial charge in [0.15, 0.2) is 5.96 Å². The van der Waals surface area contributed by atoms with Crippen molar-refractivity contribution in [3.63, 3.8) is 0 Å². The number of carbonyl (C=O) groups is 1. The van der Waals surface area contributed by atoms with Gasteiger partial charge in [-0.25, -0.2) is 0 Å². The Hall–Kier alpha value is -2.29. The van der Waals surface area contributed by atoms with Crippen LogP contribution < -0.4 is 15.4 Å². The molecule has 7 heteroatoms. The van der Waals surface area contributed by atoms with Gasteiger partial charge in [-0.2, -0.15) is 0 Å². The topological polar surface area (TPSA) is 66.0 Å². The van der Waals surface area contributed by atoms with Gasteiger partial charge >= 0.3 is 0 Å². The number of halogens is 1. The molecule has 6 nitrogen and oxygen atoms in total. The second kappa shape index (κ2) is 12.5. The molecule has 2 aromatic carbocycles. The van der Waals surface area contributed by atoms with Crippen molar-refractivity contribution in [2.24, 2.45) is 4.99 Å². The van der Waals surface area contributed by atoms with Crippen molar-refractivity contribution in [3.05, 3.63) is 64.7 Å². The van der Waals surface area contributed by atoms with Crippen LogP contribution in [0.25, 0.3) is 0 Å². The lowest BCUT2D eigenvalue weighted by Gasteiger charge is -2.13. The Morgan fingerprint density at radius 2 is 1.90 bits per heavy atom. The fraction of sp³-hybridized carbons (Fsp3) is 0.417. The predicted molar refractivity (Wildman–Crippen MR) is 137 cm³/mol. The largest absolute Gasteiger partial charge is 0.493 e. The number of ether oxygens (including phenoxy) is 1. The quantitative estimate of drug-likeness (QED) is 0.309. The normalized spacial score (nSPS) is 12.4. The van der Waals surface area contributed by atoms with Crippen LogP contribution in [0.2, 0.25) is 0 Å². The zero-order chi connectivity index (χ0) is 21.3. The van der Waals surface area contributed by atoms with Gasteiger partial charge in [0.1, 0.15) is 5.75 Å². The Balaban J connectivity index is 0.00000341. The van der Waals surface area contributed by atoms with Crippen LogP contribution in [-0.4, -0.2) is 57.1 Å². The summed E-state index contributed by atoms with van der Waals surface area (Å²) < 4.78 is 5.57. The van der Waals surface area contributed by atoms with Crippen molar-refractivity contribution in [1.29, 1.82) is 0 Å². The van der Waals surface area contributed by atoms with Crippen LogP contribution in [-0.2, 0) is 19.3 Å². The molecule has 0 radical (unpaired) electrons. The molecule has 168 valence electrons. The number of guanidine groups is 1.